The lowest BCUT2D eigenvalue weighted by molar-refractivity contribution is -0.142. The number of carbonyl (C=O) groups is 1. The predicted molar refractivity (Wildman–Crippen MR) is 133 cm³/mol. The highest BCUT2D eigenvalue weighted by Crippen LogP contribution is 2.33. The van der Waals surface area contributed by atoms with Gasteiger partial charge in [-0.1, -0.05) is 29.8 Å². The minimum Gasteiger partial charge on any atom is -0.481 e. The van der Waals surface area contributed by atoms with Crippen LogP contribution >= 0.6 is 11.6 Å². The van der Waals surface area contributed by atoms with Gasteiger partial charge in [-0.3, -0.25) is 9.52 Å². The van der Waals surface area contributed by atoms with Crippen LogP contribution in [0, 0.1) is 0 Å². The second-order valence-electron chi connectivity index (χ2n) is 7.83. The van der Waals surface area contributed by atoms with Crippen molar-refractivity contribution in [2.75, 3.05) is 31.0 Å². The van der Waals surface area contributed by atoms with Gasteiger partial charge < -0.3 is 19.1 Å². The summed E-state index contributed by atoms with van der Waals surface area (Å²) in [6.07, 6.45) is -0.710. The number of para-hydroxylation sites is 1. The fourth-order valence-electron chi connectivity index (χ4n) is 3.48. The van der Waals surface area contributed by atoms with E-state index in [1.165, 1.54) is 30.3 Å². The maximum Gasteiger partial charge on any atom is 0.263 e. The first-order valence-electron chi connectivity index (χ1n) is 11.0. The largest absolute Gasteiger partial charge is 0.481 e. The Labute approximate surface area is 209 Å². The molecule has 0 radical (unpaired) electrons. The minimum absolute atomic E-state index is 0.0163. The Morgan fingerprint density at radius 3 is 2.37 bits per heavy atom. The third kappa shape index (κ3) is 6.45. The monoisotopic (exact) mass is 516 g/mol. The summed E-state index contributed by atoms with van der Waals surface area (Å²) in [6.45, 7) is 3.71. The highest BCUT2D eigenvalue weighted by molar-refractivity contribution is 7.92. The normalized spacial score (nSPS) is 14.7. The van der Waals surface area contributed by atoms with E-state index in [1.54, 1.807) is 36.1 Å². The molecule has 3 aromatic carbocycles. The zero-order valence-corrected chi connectivity index (χ0v) is 20.6. The second-order valence-corrected chi connectivity index (χ2v) is 9.95. The molecule has 1 heterocycles. The van der Waals surface area contributed by atoms with Gasteiger partial charge in [-0.05, 0) is 61.5 Å². The van der Waals surface area contributed by atoms with Gasteiger partial charge in [-0.15, -0.1) is 0 Å². The molecule has 0 aliphatic carbocycles. The van der Waals surface area contributed by atoms with Crippen LogP contribution in [0.5, 0.6) is 17.2 Å². The van der Waals surface area contributed by atoms with Crippen molar-refractivity contribution in [3.8, 4) is 17.2 Å². The maximum absolute atomic E-state index is 13.0. The Balaban J connectivity index is 1.46. The number of carbonyl (C=O) groups excluding carboxylic acids is 1. The fraction of sp³-hybridized carbons (Fsp3) is 0.240. The van der Waals surface area contributed by atoms with E-state index in [-0.39, 0.29) is 16.5 Å². The molecule has 0 bridgehead atoms. The molecule has 1 aliphatic heterocycles. The number of halogens is 1. The molecule has 1 N–H and O–H groups in total. The van der Waals surface area contributed by atoms with E-state index < -0.39 is 16.1 Å². The number of nitrogens with zero attached hydrogens (tertiary/aromatic N) is 1. The summed E-state index contributed by atoms with van der Waals surface area (Å²) >= 11 is 6.10. The van der Waals surface area contributed by atoms with Crippen LogP contribution in [-0.2, 0) is 19.6 Å². The first-order valence-corrected chi connectivity index (χ1v) is 12.9. The molecule has 0 unspecified atom stereocenters. The Morgan fingerprint density at radius 2 is 1.69 bits per heavy atom. The molecule has 3 aromatic rings. The lowest BCUT2D eigenvalue weighted by atomic mass is 10.3. The summed E-state index contributed by atoms with van der Waals surface area (Å²) < 4.78 is 45.5. The number of anilines is 1. The number of amides is 1. The van der Waals surface area contributed by atoms with Crippen molar-refractivity contribution >= 4 is 33.2 Å². The molecule has 1 aliphatic rings. The first-order chi connectivity index (χ1) is 16.8. The molecule has 0 saturated carbocycles. The summed E-state index contributed by atoms with van der Waals surface area (Å²) in [6, 6.07) is 19.5. The number of rotatable bonds is 8. The molecule has 8 nitrogen and oxygen atoms in total. The number of nitrogens with one attached hydrogen (secondary N) is 1. The standard InChI is InChI=1S/C25H25ClN2O6S/c1-18(25(29)28-13-15-32-16-14-28)33-21-8-10-22(11-9-21)35(30,31)27-23-17-19(26)7-12-24(23)34-20-5-3-2-4-6-20/h2-12,17-18,27H,13-16H2,1H3/t18-/m0/s1. The van der Waals surface area contributed by atoms with Gasteiger partial charge >= 0.3 is 0 Å². The van der Waals surface area contributed by atoms with E-state index in [4.69, 9.17) is 25.8 Å². The summed E-state index contributed by atoms with van der Waals surface area (Å²) in [5.74, 6) is 1.10. The van der Waals surface area contributed by atoms with Crippen LogP contribution in [0.25, 0.3) is 0 Å². The summed E-state index contributed by atoms with van der Waals surface area (Å²) in [4.78, 5) is 14.2. The van der Waals surface area contributed by atoms with Gasteiger partial charge in [0, 0.05) is 18.1 Å². The lowest BCUT2D eigenvalue weighted by Gasteiger charge is -2.29. The van der Waals surface area contributed by atoms with E-state index in [0.717, 1.165) is 0 Å². The van der Waals surface area contributed by atoms with Gasteiger partial charge in [0.1, 0.15) is 11.5 Å². The van der Waals surface area contributed by atoms with Crippen LogP contribution < -0.4 is 14.2 Å². The van der Waals surface area contributed by atoms with Crippen LogP contribution in [0.3, 0.4) is 0 Å². The lowest BCUT2D eigenvalue weighted by Crippen LogP contribution is -2.46. The maximum atomic E-state index is 13.0. The van der Waals surface area contributed by atoms with Gasteiger partial charge in [-0.25, -0.2) is 8.42 Å². The fourth-order valence-corrected chi connectivity index (χ4v) is 4.72. The van der Waals surface area contributed by atoms with Gasteiger partial charge in [-0.2, -0.15) is 0 Å². The van der Waals surface area contributed by atoms with Crippen molar-refractivity contribution in [1.29, 1.82) is 0 Å². The van der Waals surface area contributed by atoms with Crippen molar-refractivity contribution in [3.05, 3.63) is 77.8 Å². The number of benzene rings is 3. The Hall–Kier alpha value is -3.27. The van der Waals surface area contributed by atoms with E-state index in [2.05, 4.69) is 4.72 Å². The van der Waals surface area contributed by atoms with Gasteiger partial charge in [0.2, 0.25) is 0 Å². The molecular weight excluding hydrogens is 492 g/mol. The highest BCUT2D eigenvalue weighted by atomic mass is 35.5. The summed E-state index contributed by atoms with van der Waals surface area (Å²) in [7, 11) is -3.96. The zero-order valence-electron chi connectivity index (χ0n) is 19.0. The summed E-state index contributed by atoms with van der Waals surface area (Å²) in [5.41, 5.74) is 0.200. The number of hydrogen-bond acceptors (Lipinski definition) is 6. The van der Waals surface area contributed by atoms with Crippen molar-refractivity contribution < 1.29 is 27.4 Å². The third-order valence-corrected chi connectivity index (χ3v) is 6.89. The topological polar surface area (TPSA) is 94.2 Å². The quantitative estimate of drug-likeness (QED) is 0.471. The zero-order chi connectivity index (χ0) is 24.8. The Bertz CT molecular complexity index is 1260. The van der Waals surface area contributed by atoms with Crippen LogP contribution in [0.2, 0.25) is 5.02 Å². The highest BCUT2D eigenvalue weighted by Gasteiger charge is 2.24. The Kier molecular flexibility index (Phi) is 7.80. The van der Waals surface area contributed by atoms with Crippen LogP contribution in [0.15, 0.2) is 77.7 Å². The molecule has 1 amide bonds. The SMILES string of the molecule is C[C@H](Oc1ccc(S(=O)(=O)Nc2cc(Cl)ccc2Oc2ccccc2)cc1)C(=O)N1CCOCC1. The molecule has 1 fully saturated rings. The average Bonchev–Trinajstić information content (AvgIpc) is 2.86. The predicted octanol–water partition coefficient (Wildman–Crippen LogP) is 4.56. The molecule has 10 heteroatoms. The van der Waals surface area contributed by atoms with Gasteiger partial charge in [0.05, 0.1) is 23.8 Å². The smallest absolute Gasteiger partial charge is 0.263 e. The molecule has 1 atom stereocenters. The van der Waals surface area contributed by atoms with Crippen molar-refractivity contribution in [1.82, 2.24) is 4.90 Å². The van der Waals surface area contributed by atoms with Crippen molar-refractivity contribution in [2.24, 2.45) is 0 Å². The molecule has 0 spiro atoms. The van der Waals surface area contributed by atoms with E-state index >= 15 is 0 Å². The minimum atomic E-state index is -3.96. The van der Waals surface area contributed by atoms with Crippen molar-refractivity contribution in [3.63, 3.8) is 0 Å². The van der Waals surface area contributed by atoms with E-state index in [9.17, 15) is 13.2 Å². The van der Waals surface area contributed by atoms with E-state index in [1.807, 2.05) is 18.2 Å². The van der Waals surface area contributed by atoms with Crippen LogP contribution in [-0.4, -0.2) is 51.6 Å². The Morgan fingerprint density at radius 1 is 1.00 bits per heavy atom. The van der Waals surface area contributed by atoms with Crippen molar-refractivity contribution in [2.45, 2.75) is 17.9 Å². The van der Waals surface area contributed by atoms with Crippen LogP contribution in [0.4, 0.5) is 5.69 Å². The number of hydrogen-bond donors (Lipinski definition) is 1. The average molecular weight is 517 g/mol. The number of morpholine rings is 1. The molecule has 35 heavy (non-hydrogen) atoms. The number of ether oxygens (including phenoxy) is 3. The van der Waals surface area contributed by atoms with Gasteiger partial charge in [0.15, 0.2) is 11.9 Å². The summed E-state index contributed by atoms with van der Waals surface area (Å²) in [5, 5.41) is 0.353. The first kappa shape index (κ1) is 24.8. The van der Waals surface area contributed by atoms with Crippen LogP contribution in [0.1, 0.15) is 6.92 Å². The molecule has 4 rings (SSSR count). The van der Waals surface area contributed by atoms with Gasteiger partial charge in [0.25, 0.3) is 15.9 Å². The molecule has 1 saturated heterocycles. The third-order valence-electron chi connectivity index (χ3n) is 5.27. The second kappa shape index (κ2) is 11.0. The molecule has 0 aromatic heterocycles. The molecular formula is C25H25ClN2O6S. The van der Waals surface area contributed by atoms with E-state index in [0.29, 0.717) is 48.6 Å². The molecule has 184 valence electrons. The number of sulfonamides is 1.